The van der Waals surface area contributed by atoms with Crippen molar-refractivity contribution in [3.8, 4) is 0 Å². The molecule has 0 aliphatic carbocycles. The molecule has 17 heavy (non-hydrogen) atoms. The highest BCUT2D eigenvalue weighted by molar-refractivity contribution is 6.17. The van der Waals surface area contributed by atoms with Crippen LogP contribution in [-0.4, -0.2) is 28.3 Å². The van der Waals surface area contributed by atoms with E-state index in [0.717, 1.165) is 12.8 Å². The molecular weight excluding hydrogens is 240 g/mol. The Balaban J connectivity index is 2.09. The van der Waals surface area contributed by atoms with E-state index in [1.807, 2.05) is 0 Å². The smallest absolute Gasteiger partial charge is 0.222 e. The molecule has 4 atom stereocenters. The third kappa shape index (κ3) is 2.63. The number of aryl methyl sites for hydroxylation is 1. The summed E-state index contributed by atoms with van der Waals surface area (Å²) in [6.45, 7) is 6.32. The third-order valence-electron chi connectivity index (χ3n) is 3.53. The number of hydrogen-bond acceptors (Lipinski definition) is 4. The first kappa shape index (κ1) is 12.8. The topological polar surface area (TPSA) is 48.2 Å². The predicted molar refractivity (Wildman–Crippen MR) is 65.3 cm³/mol. The average molecular weight is 259 g/mol. The summed E-state index contributed by atoms with van der Waals surface area (Å²) in [5.41, 5.74) is 0. The lowest BCUT2D eigenvalue weighted by Crippen LogP contribution is -2.15. The van der Waals surface area contributed by atoms with Gasteiger partial charge in [-0.25, -0.2) is 0 Å². The SMILES string of the molecule is CC1OC(C)C(c2nnc(CCCCl)o2)C1C. The molecule has 1 aromatic heterocycles. The zero-order valence-electron chi connectivity index (χ0n) is 10.5. The minimum atomic E-state index is 0.140. The van der Waals surface area contributed by atoms with Crippen molar-refractivity contribution < 1.29 is 9.15 Å². The van der Waals surface area contributed by atoms with Gasteiger partial charge in [-0.05, 0) is 26.2 Å². The Morgan fingerprint density at radius 1 is 1.18 bits per heavy atom. The highest BCUT2D eigenvalue weighted by atomic mass is 35.5. The fraction of sp³-hybridized carbons (Fsp3) is 0.833. The number of halogens is 1. The summed E-state index contributed by atoms with van der Waals surface area (Å²) in [5, 5.41) is 8.21. The molecule has 0 spiro atoms. The van der Waals surface area contributed by atoms with E-state index in [-0.39, 0.29) is 18.1 Å². The zero-order valence-corrected chi connectivity index (χ0v) is 11.3. The second-order valence-corrected chi connectivity index (χ2v) is 5.14. The lowest BCUT2D eigenvalue weighted by molar-refractivity contribution is 0.0544. The summed E-state index contributed by atoms with van der Waals surface area (Å²) in [7, 11) is 0. The van der Waals surface area contributed by atoms with Gasteiger partial charge in [0.1, 0.15) is 0 Å². The van der Waals surface area contributed by atoms with Gasteiger partial charge in [-0.2, -0.15) is 0 Å². The van der Waals surface area contributed by atoms with Crippen LogP contribution in [0.3, 0.4) is 0 Å². The van der Waals surface area contributed by atoms with Crippen LogP contribution < -0.4 is 0 Å². The molecule has 1 aromatic rings. The highest BCUT2D eigenvalue weighted by Gasteiger charge is 2.41. The van der Waals surface area contributed by atoms with Gasteiger partial charge in [0.15, 0.2) is 0 Å². The maximum Gasteiger partial charge on any atom is 0.222 e. The van der Waals surface area contributed by atoms with Gasteiger partial charge in [0, 0.05) is 12.3 Å². The molecule has 2 heterocycles. The Morgan fingerprint density at radius 2 is 1.94 bits per heavy atom. The molecule has 2 rings (SSSR count). The van der Waals surface area contributed by atoms with Crippen molar-refractivity contribution in [3.63, 3.8) is 0 Å². The average Bonchev–Trinajstić information content (AvgIpc) is 2.83. The Labute approximate surface area is 107 Å². The normalized spacial score (nSPS) is 33.2. The predicted octanol–water partition coefficient (Wildman–Crippen LogP) is 2.77. The van der Waals surface area contributed by atoms with E-state index < -0.39 is 0 Å². The first-order valence-corrected chi connectivity index (χ1v) is 6.70. The number of nitrogens with zero attached hydrogens (tertiary/aromatic N) is 2. The quantitative estimate of drug-likeness (QED) is 0.779. The number of aromatic nitrogens is 2. The molecule has 5 heteroatoms. The molecule has 0 amide bonds. The van der Waals surface area contributed by atoms with Gasteiger partial charge in [0.25, 0.3) is 0 Å². The first-order valence-electron chi connectivity index (χ1n) is 6.17. The van der Waals surface area contributed by atoms with Gasteiger partial charge in [-0.15, -0.1) is 21.8 Å². The minimum absolute atomic E-state index is 0.140. The number of ether oxygens (including phenoxy) is 1. The molecule has 4 unspecified atom stereocenters. The van der Waals surface area contributed by atoms with Crippen molar-refractivity contribution in [3.05, 3.63) is 11.8 Å². The van der Waals surface area contributed by atoms with Gasteiger partial charge in [0.05, 0.1) is 18.1 Å². The number of alkyl halides is 1. The maximum atomic E-state index is 5.78. The molecule has 0 aromatic carbocycles. The van der Waals surface area contributed by atoms with Crippen LogP contribution in [0.5, 0.6) is 0 Å². The largest absolute Gasteiger partial charge is 0.425 e. The summed E-state index contributed by atoms with van der Waals surface area (Å²) in [6, 6.07) is 0. The van der Waals surface area contributed by atoms with Gasteiger partial charge in [-0.3, -0.25) is 0 Å². The minimum Gasteiger partial charge on any atom is -0.425 e. The Kier molecular flexibility index (Phi) is 4.05. The molecular formula is C12H19ClN2O2. The van der Waals surface area contributed by atoms with Crippen LogP contribution in [-0.2, 0) is 11.2 Å². The van der Waals surface area contributed by atoms with E-state index in [2.05, 4.69) is 31.0 Å². The van der Waals surface area contributed by atoms with Crippen molar-refractivity contribution in [1.29, 1.82) is 0 Å². The monoisotopic (exact) mass is 258 g/mol. The molecule has 1 aliphatic rings. The summed E-state index contributed by atoms with van der Waals surface area (Å²) in [4.78, 5) is 0. The second kappa shape index (κ2) is 5.36. The maximum absolute atomic E-state index is 5.78. The summed E-state index contributed by atoms with van der Waals surface area (Å²) in [6.07, 6.45) is 2.00. The third-order valence-corrected chi connectivity index (χ3v) is 3.80. The number of rotatable bonds is 4. The molecule has 1 fully saturated rings. The van der Waals surface area contributed by atoms with Crippen molar-refractivity contribution in [1.82, 2.24) is 10.2 Å². The highest BCUT2D eigenvalue weighted by Crippen LogP contribution is 2.39. The lowest BCUT2D eigenvalue weighted by atomic mass is 9.89. The Bertz CT molecular complexity index is 369. The Hall–Kier alpha value is -0.610. The van der Waals surface area contributed by atoms with Crippen LogP contribution in [0, 0.1) is 5.92 Å². The molecule has 1 saturated heterocycles. The van der Waals surface area contributed by atoms with E-state index >= 15 is 0 Å². The molecule has 0 saturated carbocycles. The van der Waals surface area contributed by atoms with E-state index in [1.54, 1.807) is 0 Å². The van der Waals surface area contributed by atoms with E-state index in [1.165, 1.54) is 0 Å². The van der Waals surface area contributed by atoms with E-state index in [4.69, 9.17) is 20.8 Å². The molecule has 0 radical (unpaired) electrons. The van der Waals surface area contributed by atoms with Gasteiger partial charge < -0.3 is 9.15 Å². The zero-order chi connectivity index (χ0) is 12.4. The second-order valence-electron chi connectivity index (χ2n) is 4.76. The fourth-order valence-electron chi connectivity index (χ4n) is 2.41. The van der Waals surface area contributed by atoms with Crippen molar-refractivity contribution in [2.24, 2.45) is 5.92 Å². The van der Waals surface area contributed by atoms with Crippen LogP contribution >= 0.6 is 11.6 Å². The van der Waals surface area contributed by atoms with Crippen LogP contribution in [0.25, 0.3) is 0 Å². The molecule has 96 valence electrons. The van der Waals surface area contributed by atoms with Crippen LogP contribution in [0.15, 0.2) is 4.42 Å². The molecule has 1 aliphatic heterocycles. The van der Waals surface area contributed by atoms with Crippen molar-refractivity contribution >= 4 is 11.6 Å². The summed E-state index contributed by atoms with van der Waals surface area (Å²) >= 11 is 5.64. The van der Waals surface area contributed by atoms with Crippen LogP contribution in [0.1, 0.15) is 44.9 Å². The molecule has 0 N–H and O–H groups in total. The molecule has 0 bridgehead atoms. The van der Waals surface area contributed by atoms with Gasteiger partial charge >= 0.3 is 0 Å². The van der Waals surface area contributed by atoms with Gasteiger partial charge in [0.2, 0.25) is 11.8 Å². The first-order chi connectivity index (χ1) is 8.13. The Morgan fingerprint density at radius 3 is 2.53 bits per heavy atom. The lowest BCUT2D eigenvalue weighted by Gasteiger charge is -2.13. The summed E-state index contributed by atoms with van der Waals surface area (Å²) < 4.78 is 11.5. The number of hydrogen-bond donors (Lipinski definition) is 0. The van der Waals surface area contributed by atoms with Crippen molar-refractivity contribution in [2.75, 3.05) is 5.88 Å². The van der Waals surface area contributed by atoms with E-state index in [0.29, 0.717) is 23.6 Å². The van der Waals surface area contributed by atoms with Gasteiger partial charge in [-0.1, -0.05) is 6.92 Å². The fourth-order valence-corrected chi connectivity index (χ4v) is 2.55. The molecule has 4 nitrogen and oxygen atoms in total. The van der Waals surface area contributed by atoms with E-state index in [9.17, 15) is 0 Å². The van der Waals surface area contributed by atoms with Crippen molar-refractivity contribution in [2.45, 2.75) is 51.7 Å². The summed E-state index contributed by atoms with van der Waals surface area (Å²) in [5.74, 6) is 2.63. The van der Waals surface area contributed by atoms with Crippen LogP contribution in [0.4, 0.5) is 0 Å². The standard InChI is InChI=1S/C12H19ClN2O2/c1-7-8(2)16-9(3)11(7)12-15-14-10(17-12)5-4-6-13/h7-9,11H,4-6H2,1-3H3. The van der Waals surface area contributed by atoms with Crippen LogP contribution in [0.2, 0.25) is 0 Å².